The maximum Gasteiger partial charge on any atom is 0.0479 e. The zero-order valence-electron chi connectivity index (χ0n) is 9.23. The molecular formula is C14H19N. The Kier molecular flexibility index (Phi) is 2.49. The third kappa shape index (κ3) is 1.93. The maximum atomic E-state index is 2.69. The van der Waals surface area contributed by atoms with Crippen LogP contribution in [0, 0.1) is 0 Å². The van der Waals surface area contributed by atoms with Crippen molar-refractivity contribution < 1.29 is 0 Å². The Bertz CT molecular complexity index is 313. The van der Waals surface area contributed by atoms with Gasteiger partial charge in [-0.2, -0.15) is 0 Å². The van der Waals surface area contributed by atoms with Crippen molar-refractivity contribution in [1.82, 2.24) is 4.90 Å². The molecule has 1 unspecified atom stereocenters. The Labute approximate surface area is 92.1 Å². The summed E-state index contributed by atoms with van der Waals surface area (Å²) in [6.45, 7) is 1.30. The monoisotopic (exact) mass is 201 g/mol. The van der Waals surface area contributed by atoms with Gasteiger partial charge in [-0.3, -0.25) is 4.90 Å². The van der Waals surface area contributed by atoms with Gasteiger partial charge in [-0.25, -0.2) is 0 Å². The van der Waals surface area contributed by atoms with E-state index in [2.05, 4.69) is 35.2 Å². The largest absolute Gasteiger partial charge is 0.290 e. The van der Waals surface area contributed by atoms with Crippen LogP contribution >= 0.6 is 0 Å². The molecule has 3 rings (SSSR count). The second kappa shape index (κ2) is 3.97. The van der Waals surface area contributed by atoms with E-state index in [1.807, 2.05) is 0 Å². The van der Waals surface area contributed by atoms with Gasteiger partial charge in [-0.1, -0.05) is 49.6 Å². The maximum absolute atomic E-state index is 2.69. The molecule has 1 heteroatoms. The number of benzene rings is 1. The van der Waals surface area contributed by atoms with E-state index in [1.54, 1.807) is 0 Å². The first-order valence-electron chi connectivity index (χ1n) is 6.26. The first kappa shape index (κ1) is 9.41. The number of nitrogens with zero attached hydrogens (tertiary/aromatic N) is 1. The van der Waals surface area contributed by atoms with Crippen LogP contribution < -0.4 is 0 Å². The summed E-state index contributed by atoms with van der Waals surface area (Å²) in [5.74, 6) is 0. The van der Waals surface area contributed by atoms with Crippen molar-refractivity contribution in [2.45, 2.75) is 44.2 Å². The molecule has 1 aliphatic heterocycles. The minimum Gasteiger partial charge on any atom is -0.290 e. The molecule has 1 aliphatic carbocycles. The molecule has 1 aromatic rings. The van der Waals surface area contributed by atoms with Gasteiger partial charge in [-0.05, 0) is 18.4 Å². The van der Waals surface area contributed by atoms with Crippen LogP contribution in [0.1, 0.15) is 43.7 Å². The summed E-state index contributed by atoms with van der Waals surface area (Å²) >= 11 is 0. The summed E-state index contributed by atoms with van der Waals surface area (Å²) in [7, 11) is 0. The molecule has 2 atom stereocenters. The summed E-state index contributed by atoms with van der Waals surface area (Å²) in [5, 5.41) is 0. The smallest absolute Gasteiger partial charge is 0.0479 e. The molecule has 2 aliphatic rings. The van der Waals surface area contributed by atoms with Crippen LogP contribution in [-0.2, 0) is 0 Å². The number of rotatable bonds is 2. The second-order valence-electron chi connectivity index (χ2n) is 4.92. The lowest BCUT2D eigenvalue weighted by atomic mass is 9.95. The average Bonchev–Trinajstić information content (AvgIpc) is 3.11. The van der Waals surface area contributed by atoms with E-state index in [4.69, 9.17) is 0 Å². The second-order valence-corrected chi connectivity index (χ2v) is 4.92. The highest BCUT2D eigenvalue weighted by molar-refractivity contribution is 5.24. The number of hydrogen-bond donors (Lipinski definition) is 0. The molecule has 1 nitrogen and oxygen atoms in total. The lowest BCUT2D eigenvalue weighted by Crippen LogP contribution is -2.22. The van der Waals surface area contributed by atoms with Gasteiger partial charge in [0.25, 0.3) is 0 Å². The van der Waals surface area contributed by atoms with Crippen molar-refractivity contribution in [2.75, 3.05) is 6.54 Å². The van der Waals surface area contributed by atoms with E-state index in [1.165, 1.54) is 44.2 Å². The van der Waals surface area contributed by atoms with E-state index in [-0.39, 0.29) is 0 Å². The molecule has 0 spiro atoms. The van der Waals surface area contributed by atoms with Crippen LogP contribution in [0.25, 0.3) is 0 Å². The van der Waals surface area contributed by atoms with Crippen LogP contribution in [-0.4, -0.2) is 17.5 Å². The minimum absolute atomic E-state index is 0.745. The lowest BCUT2D eigenvalue weighted by Gasteiger charge is -2.23. The van der Waals surface area contributed by atoms with Gasteiger partial charge in [-0.15, -0.1) is 0 Å². The fourth-order valence-corrected chi connectivity index (χ4v) is 2.94. The normalized spacial score (nSPS) is 31.5. The Balaban J connectivity index is 1.64. The summed E-state index contributed by atoms with van der Waals surface area (Å²) in [5.41, 5.74) is 1.52. The highest BCUT2D eigenvalue weighted by atomic mass is 15.3. The zero-order chi connectivity index (χ0) is 10.1. The van der Waals surface area contributed by atoms with E-state index >= 15 is 0 Å². The molecule has 80 valence electrons. The average molecular weight is 201 g/mol. The highest BCUT2D eigenvalue weighted by Crippen LogP contribution is 2.40. The van der Waals surface area contributed by atoms with Crippen LogP contribution in [0.15, 0.2) is 30.3 Å². The zero-order valence-corrected chi connectivity index (χ0v) is 9.23. The Morgan fingerprint density at radius 3 is 2.40 bits per heavy atom. The van der Waals surface area contributed by atoms with Crippen molar-refractivity contribution in [2.24, 2.45) is 0 Å². The molecule has 0 bridgehead atoms. The predicted molar refractivity (Wildman–Crippen MR) is 62.8 cm³/mol. The summed E-state index contributed by atoms with van der Waals surface area (Å²) < 4.78 is 0. The third-order valence-corrected chi connectivity index (χ3v) is 3.88. The van der Waals surface area contributed by atoms with E-state index < -0.39 is 0 Å². The molecule has 0 aromatic heterocycles. The fraction of sp³-hybridized carbons (Fsp3) is 0.571. The van der Waals surface area contributed by atoms with Crippen molar-refractivity contribution in [3.8, 4) is 0 Å². The van der Waals surface area contributed by atoms with Crippen LogP contribution in [0.4, 0.5) is 0 Å². The first-order valence-corrected chi connectivity index (χ1v) is 6.26. The molecule has 0 amide bonds. The minimum atomic E-state index is 0.745. The lowest BCUT2D eigenvalue weighted by molar-refractivity contribution is 0.282. The van der Waals surface area contributed by atoms with Crippen molar-refractivity contribution in [1.29, 1.82) is 0 Å². The molecule has 15 heavy (non-hydrogen) atoms. The van der Waals surface area contributed by atoms with Gasteiger partial charge in [0.05, 0.1) is 0 Å². The van der Waals surface area contributed by atoms with Crippen molar-refractivity contribution >= 4 is 0 Å². The molecular weight excluding hydrogens is 182 g/mol. The Morgan fingerprint density at radius 1 is 0.933 bits per heavy atom. The molecule has 2 fully saturated rings. The van der Waals surface area contributed by atoms with Crippen molar-refractivity contribution in [3.63, 3.8) is 0 Å². The van der Waals surface area contributed by atoms with Gasteiger partial charge in [0, 0.05) is 18.6 Å². The summed E-state index contributed by atoms with van der Waals surface area (Å²) in [4.78, 5) is 2.69. The highest BCUT2D eigenvalue weighted by Gasteiger charge is 2.40. The van der Waals surface area contributed by atoms with E-state index in [0.717, 1.165) is 12.1 Å². The van der Waals surface area contributed by atoms with Gasteiger partial charge >= 0.3 is 0 Å². The van der Waals surface area contributed by atoms with Crippen molar-refractivity contribution in [3.05, 3.63) is 35.9 Å². The Morgan fingerprint density at radius 2 is 1.67 bits per heavy atom. The molecule has 1 saturated heterocycles. The standard InChI is InChI=1S/C14H19N/c1-3-7-12(8-4-1)14-11-15(14)13-9-5-2-6-10-13/h1,3-4,7-8,13-14H,2,5-6,9-11H2/t14-,15?/m0/s1. The van der Waals surface area contributed by atoms with E-state index in [0.29, 0.717) is 0 Å². The van der Waals surface area contributed by atoms with Gasteiger partial charge in [0.15, 0.2) is 0 Å². The molecule has 1 heterocycles. The predicted octanol–water partition coefficient (Wildman–Crippen LogP) is 3.38. The third-order valence-electron chi connectivity index (χ3n) is 3.88. The molecule has 0 radical (unpaired) electrons. The van der Waals surface area contributed by atoms with Crippen LogP contribution in [0.2, 0.25) is 0 Å². The summed E-state index contributed by atoms with van der Waals surface area (Å²) in [6, 6.07) is 12.6. The van der Waals surface area contributed by atoms with E-state index in [9.17, 15) is 0 Å². The number of hydrogen-bond acceptors (Lipinski definition) is 1. The first-order chi connectivity index (χ1) is 7.45. The quantitative estimate of drug-likeness (QED) is 0.663. The molecule has 1 saturated carbocycles. The topological polar surface area (TPSA) is 3.01 Å². The van der Waals surface area contributed by atoms with Crippen LogP contribution in [0.5, 0.6) is 0 Å². The molecule has 0 N–H and O–H groups in total. The van der Waals surface area contributed by atoms with Gasteiger partial charge in [0.1, 0.15) is 0 Å². The van der Waals surface area contributed by atoms with Gasteiger partial charge < -0.3 is 0 Å². The summed E-state index contributed by atoms with van der Waals surface area (Å²) in [6.07, 6.45) is 7.22. The SMILES string of the molecule is c1ccc([C@@H]2CN2C2CCCCC2)cc1. The van der Waals surface area contributed by atoms with Crippen LogP contribution in [0.3, 0.4) is 0 Å². The molecule has 1 aromatic carbocycles. The Hall–Kier alpha value is -0.820. The fourth-order valence-electron chi connectivity index (χ4n) is 2.94. The van der Waals surface area contributed by atoms with Gasteiger partial charge in [0.2, 0.25) is 0 Å².